The first-order valence-corrected chi connectivity index (χ1v) is 9.90. The third kappa shape index (κ3) is 5.22. The highest BCUT2D eigenvalue weighted by Crippen LogP contribution is 2.28. The summed E-state index contributed by atoms with van der Waals surface area (Å²) in [4.78, 5) is 11.5. The summed E-state index contributed by atoms with van der Waals surface area (Å²) in [7, 11) is 0. The van der Waals surface area contributed by atoms with Crippen LogP contribution in [0.4, 0.5) is 4.39 Å². The fourth-order valence-electron chi connectivity index (χ4n) is 3.28. The summed E-state index contributed by atoms with van der Waals surface area (Å²) in [5, 5.41) is 9.65. The topological polar surface area (TPSA) is 46.5 Å². The van der Waals surface area contributed by atoms with Crippen LogP contribution in [0.1, 0.15) is 24.5 Å². The van der Waals surface area contributed by atoms with E-state index in [0.717, 1.165) is 27.8 Å². The summed E-state index contributed by atoms with van der Waals surface area (Å²) in [6, 6.07) is 20.4. The molecular weight excluding hydrogens is 379 g/mol. The second kappa shape index (κ2) is 9.99. The number of carbonyl (C=O) groups is 1. The predicted molar refractivity (Wildman–Crippen MR) is 117 cm³/mol. The van der Waals surface area contributed by atoms with E-state index >= 15 is 0 Å². The zero-order chi connectivity index (χ0) is 21.5. The number of aryl methyl sites for hydroxylation is 1. The van der Waals surface area contributed by atoms with Crippen LogP contribution in [0.25, 0.3) is 22.3 Å². The third-order valence-corrected chi connectivity index (χ3v) is 4.95. The van der Waals surface area contributed by atoms with Crippen LogP contribution >= 0.6 is 0 Å². The molecule has 0 spiro atoms. The molecule has 4 heteroatoms. The van der Waals surface area contributed by atoms with Gasteiger partial charge in [-0.1, -0.05) is 67.2 Å². The minimum absolute atomic E-state index is 0.0482. The Morgan fingerprint density at radius 2 is 1.63 bits per heavy atom. The molecule has 0 saturated heterocycles. The minimum Gasteiger partial charge on any atom is -0.462 e. The van der Waals surface area contributed by atoms with E-state index in [1.165, 1.54) is 6.07 Å². The van der Waals surface area contributed by atoms with Crippen LogP contribution in [0.5, 0.6) is 0 Å². The Kier molecular flexibility index (Phi) is 7.15. The Morgan fingerprint density at radius 1 is 0.967 bits per heavy atom. The first-order valence-electron chi connectivity index (χ1n) is 9.90. The maximum absolute atomic E-state index is 14.0. The van der Waals surface area contributed by atoms with E-state index in [0.29, 0.717) is 30.6 Å². The van der Waals surface area contributed by atoms with Gasteiger partial charge in [-0.15, -0.1) is 0 Å². The van der Waals surface area contributed by atoms with Crippen LogP contribution in [-0.4, -0.2) is 17.7 Å². The number of rotatable bonds is 8. The third-order valence-electron chi connectivity index (χ3n) is 4.95. The van der Waals surface area contributed by atoms with Gasteiger partial charge in [-0.05, 0) is 53.6 Å². The van der Waals surface area contributed by atoms with Crippen molar-refractivity contribution < 1.29 is 19.0 Å². The van der Waals surface area contributed by atoms with Gasteiger partial charge >= 0.3 is 5.97 Å². The molecule has 3 aromatic rings. The fourth-order valence-corrected chi connectivity index (χ4v) is 3.28. The van der Waals surface area contributed by atoms with Crippen molar-refractivity contribution >= 4 is 5.97 Å². The van der Waals surface area contributed by atoms with Crippen LogP contribution in [0.2, 0.25) is 0 Å². The van der Waals surface area contributed by atoms with Crippen molar-refractivity contribution in [1.82, 2.24) is 0 Å². The van der Waals surface area contributed by atoms with E-state index in [-0.39, 0.29) is 18.4 Å². The lowest BCUT2D eigenvalue weighted by atomic mass is 9.95. The number of benzene rings is 3. The molecule has 0 aromatic heterocycles. The van der Waals surface area contributed by atoms with Crippen molar-refractivity contribution in [2.24, 2.45) is 0 Å². The lowest BCUT2D eigenvalue weighted by molar-refractivity contribution is -0.139. The molecule has 154 valence electrons. The monoisotopic (exact) mass is 404 g/mol. The van der Waals surface area contributed by atoms with E-state index in [2.05, 4.69) is 6.58 Å². The van der Waals surface area contributed by atoms with Crippen molar-refractivity contribution in [3.8, 4) is 22.3 Å². The molecule has 0 aliphatic carbocycles. The molecule has 0 heterocycles. The number of aliphatic hydroxyl groups is 1. The average Bonchev–Trinajstić information content (AvgIpc) is 2.77. The van der Waals surface area contributed by atoms with Crippen molar-refractivity contribution in [3.05, 3.63) is 95.8 Å². The van der Waals surface area contributed by atoms with Crippen LogP contribution in [-0.2, 0) is 22.6 Å². The van der Waals surface area contributed by atoms with Crippen LogP contribution in [0.15, 0.2) is 78.9 Å². The molecular formula is C26H25FO3. The van der Waals surface area contributed by atoms with E-state index in [4.69, 9.17) is 4.74 Å². The smallest absolute Gasteiger partial charge is 0.333 e. The highest BCUT2D eigenvalue weighted by atomic mass is 19.1. The Hall–Kier alpha value is -3.24. The van der Waals surface area contributed by atoms with Crippen LogP contribution in [0, 0.1) is 5.82 Å². The zero-order valence-corrected chi connectivity index (χ0v) is 17.0. The van der Waals surface area contributed by atoms with Gasteiger partial charge in [0.05, 0.1) is 13.2 Å². The second-order valence-corrected chi connectivity index (χ2v) is 7.22. The molecule has 0 amide bonds. The Morgan fingerprint density at radius 3 is 2.30 bits per heavy atom. The van der Waals surface area contributed by atoms with Gasteiger partial charge in [-0.3, -0.25) is 0 Å². The lowest BCUT2D eigenvalue weighted by Gasteiger charge is -2.12. The van der Waals surface area contributed by atoms with Gasteiger partial charge in [-0.2, -0.15) is 0 Å². The molecule has 0 fully saturated rings. The molecule has 0 aliphatic heterocycles. The molecule has 30 heavy (non-hydrogen) atoms. The normalized spacial score (nSPS) is 10.6. The summed E-state index contributed by atoms with van der Waals surface area (Å²) in [5.74, 6) is -0.631. The van der Waals surface area contributed by atoms with Gasteiger partial charge in [-0.25, -0.2) is 9.18 Å². The Bertz CT molecular complexity index is 1040. The summed E-state index contributed by atoms with van der Waals surface area (Å²) < 4.78 is 19.2. The maximum Gasteiger partial charge on any atom is 0.333 e. The molecule has 0 radical (unpaired) electrons. The first kappa shape index (κ1) is 21.5. The fraction of sp³-hybridized carbons (Fsp3) is 0.192. The highest BCUT2D eigenvalue weighted by Gasteiger charge is 2.08. The maximum atomic E-state index is 14.0. The van der Waals surface area contributed by atoms with E-state index in [1.807, 2.05) is 48.5 Å². The van der Waals surface area contributed by atoms with Gasteiger partial charge < -0.3 is 9.84 Å². The van der Waals surface area contributed by atoms with Gasteiger partial charge in [0.2, 0.25) is 0 Å². The molecule has 3 aromatic carbocycles. The summed E-state index contributed by atoms with van der Waals surface area (Å²) in [5.41, 5.74) is 5.67. The number of hydrogen-bond acceptors (Lipinski definition) is 3. The minimum atomic E-state index is -0.388. The number of halogens is 1. The molecule has 0 saturated carbocycles. The number of aliphatic hydroxyl groups excluding tert-OH is 1. The number of hydrogen-bond donors (Lipinski definition) is 1. The molecule has 1 N–H and O–H groups in total. The summed E-state index contributed by atoms with van der Waals surface area (Å²) >= 11 is 0. The van der Waals surface area contributed by atoms with Gasteiger partial charge in [0.25, 0.3) is 0 Å². The van der Waals surface area contributed by atoms with E-state index in [9.17, 15) is 14.3 Å². The molecule has 0 aliphatic rings. The van der Waals surface area contributed by atoms with Crippen LogP contribution < -0.4 is 0 Å². The summed E-state index contributed by atoms with van der Waals surface area (Å²) in [6.07, 6.45) is 1.34. The molecule has 3 rings (SSSR count). The number of carbonyl (C=O) groups excluding carboxylic acids is 1. The second-order valence-electron chi connectivity index (χ2n) is 7.22. The SMILES string of the molecule is C=C(C)C(=O)OCCCc1cc(-c2ccc(-c3ccccc3F)cc2)ccc1CO. The van der Waals surface area contributed by atoms with Gasteiger partial charge in [0.1, 0.15) is 5.82 Å². The first-order chi connectivity index (χ1) is 14.5. The highest BCUT2D eigenvalue weighted by molar-refractivity contribution is 5.86. The Labute approximate surface area is 176 Å². The molecule has 3 nitrogen and oxygen atoms in total. The van der Waals surface area contributed by atoms with Crippen molar-refractivity contribution in [1.29, 1.82) is 0 Å². The molecule has 0 bridgehead atoms. The van der Waals surface area contributed by atoms with E-state index in [1.54, 1.807) is 19.1 Å². The van der Waals surface area contributed by atoms with Gasteiger partial charge in [0.15, 0.2) is 0 Å². The van der Waals surface area contributed by atoms with Gasteiger partial charge in [0, 0.05) is 11.1 Å². The van der Waals surface area contributed by atoms with E-state index < -0.39 is 0 Å². The molecule has 0 unspecified atom stereocenters. The average molecular weight is 404 g/mol. The van der Waals surface area contributed by atoms with Crippen molar-refractivity contribution in [2.75, 3.05) is 6.61 Å². The standard InChI is InChI=1S/C26H25FO3/c1-18(2)26(29)30-15-5-6-21-16-22(13-14-23(21)17-28)19-9-11-20(12-10-19)24-7-3-4-8-25(24)27/h3-4,7-14,16,28H,1,5-6,15,17H2,2H3. The van der Waals surface area contributed by atoms with Crippen molar-refractivity contribution in [2.45, 2.75) is 26.4 Å². The number of esters is 1. The lowest BCUT2D eigenvalue weighted by Crippen LogP contribution is -2.07. The van der Waals surface area contributed by atoms with Crippen molar-refractivity contribution in [3.63, 3.8) is 0 Å². The largest absolute Gasteiger partial charge is 0.462 e. The van der Waals surface area contributed by atoms with Crippen LogP contribution in [0.3, 0.4) is 0 Å². The molecule has 0 atom stereocenters. The quantitative estimate of drug-likeness (QED) is 0.297. The predicted octanol–water partition coefficient (Wildman–Crippen LogP) is 5.70. The Balaban J connectivity index is 1.75. The zero-order valence-electron chi connectivity index (χ0n) is 17.0. The summed E-state index contributed by atoms with van der Waals surface area (Å²) in [6.45, 7) is 5.44. The number of ether oxygens (including phenoxy) is 1.